The number of carboxylic acid groups (broad SMARTS) is 1. The molecule has 23 heavy (non-hydrogen) atoms. The number of imidazole rings is 1. The highest BCUT2D eigenvalue weighted by molar-refractivity contribution is 5.65. The van der Waals surface area contributed by atoms with Gasteiger partial charge in [0.25, 0.3) is 0 Å². The largest absolute Gasteiger partial charge is 0.465 e. The van der Waals surface area contributed by atoms with E-state index in [0.717, 1.165) is 36.0 Å². The molecule has 7 heteroatoms. The maximum atomic E-state index is 11.4. The molecule has 0 radical (unpaired) electrons. The minimum Gasteiger partial charge on any atom is -0.465 e. The molecule has 1 aliphatic heterocycles. The highest BCUT2D eigenvalue weighted by atomic mass is 16.4. The predicted octanol–water partition coefficient (Wildman–Crippen LogP) is 2.86. The Morgan fingerprint density at radius 2 is 2.13 bits per heavy atom. The van der Waals surface area contributed by atoms with E-state index in [1.54, 1.807) is 17.1 Å². The Kier molecular flexibility index (Phi) is 3.25. The predicted molar refractivity (Wildman–Crippen MR) is 84.0 cm³/mol. The van der Waals surface area contributed by atoms with Crippen LogP contribution in [-0.4, -0.2) is 41.8 Å². The Hall–Kier alpha value is -2.83. The summed E-state index contributed by atoms with van der Waals surface area (Å²) in [5.41, 5.74) is 2.89. The molecule has 0 saturated carbocycles. The van der Waals surface area contributed by atoms with Crippen LogP contribution in [0.25, 0.3) is 16.8 Å². The van der Waals surface area contributed by atoms with Crippen molar-refractivity contribution in [3.05, 3.63) is 43.1 Å². The number of amides is 1. The Morgan fingerprint density at radius 1 is 1.22 bits per heavy atom. The molecule has 1 aliphatic rings. The first-order valence-electron chi connectivity index (χ1n) is 7.69. The van der Waals surface area contributed by atoms with Gasteiger partial charge in [-0.1, -0.05) is 0 Å². The summed E-state index contributed by atoms with van der Waals surface area (Å²) in [4.78, 5) is 17.1. The standard InChI is InChI=1S/C16H17N5O2/c22-16(23)20-7-2-1-3-15(20)21-11-13(9-18-21)12-4-5-14-17-6-8-19(14)10-12/h4-6,8-11,15H,1-3,7H2,(H,22,23). The molecule has 1 atom stereocenters. The van der Waals surface area contributed by atoms with Crippen molar-refractivity contribution in [2.75, 3.05) is 6.54 Å². The first-order valence-corrected chi connectivity index (χ1v) is 7.69. The second kappa shape index (κ2) is 5.42. The number of pyridine rings is 1. The van der Waals surface area contributed by atoms with E-state index in [2.05, 4.69) is 10.1 Å². The number of hydrogen-bond acceptors (Lipinski definition) is 3. The minimum absolute atomic E-state index is 0.216. The van der Waals surface area contributed by atoms with E-state index in [0.29, 0.717) is 6.54 Å². The van der Waals surface area contributed by atoms with Crippen LogP contribution in [0.1, 0.15) is 25.4 Å². The normalized spacial score (nSPS) is 18.4. The first-order chi connectivity index (χ1) is 11.2. The third-order valence-corrected chi connectivity index (χ3v) is 4.35. The van der Waals surface area contributed by atoms with Crippen LogP contribution in [0.2, 0.25) is 0 Å². The zero-order chi connectivity index (χ0) is 15.8. The zero-order valence-electron chi connectivity index (χ0n) is 12.5. The van der Waals surface area contributed by atoms with Crippen molar-refractivity contribution in [3.8, 4) is 11.1 Å². The summed E-state index contributed by atoms with van der Waals surface area (Å²) >= 11 is 0. The van der Waals surface area contributed by atoms with Crippen molar-refractivity contribution in [3.63, 3.8) is 0 Å². The van der Waals surface area contributed by atoms with Gasteiger partial charge < -0.3 is 9.51 Å². The molecular weight excluding hydrogens is 294 g/mol. The van der Waals surface area contributed by atoms with Gasteiger partial charge in [-0.15, -0.1) is 0 Å². The van der Waals surface area contributed by atoms with E-state index in [-0.39, 0.29) is 6.17 Å². The van der Waals surface area contributed by atoms with Crippen molar-refractivity contribution >= 4 is 11.7 Å². The molecule has 0 aliphatic carbocycles. The van der Waals surface area contributed by atoms with Crippen molar-refractivity contribution in [1.29, 1.82) is 0 Å². The van der Waals surface area contributed by atoms with Gasteiger partial charge in [0, 0.05) is 42.5 Å². The molecule has 1 amide bonds. The summed E-state index contributed by atoms with van der Waals surface area (Å²) in [5.74, 6) is 0. The second-order valence-electron chi connectivity index (χ2n) is 5.77. The number of likely N-dealkylation sites (tertiary alicyclic amines) is 1. The summed E-state index contributed by atoms with van der Waals surface area (Å²) in [6.45, 7) is 0.566. The number of nitrogens with zero attached hydrogens (tertiary/aromatic N) is 5. The molecule has 1 N–H and O–H groups in total. The summed E-state index contributed by atoms with van der Waals surface area (Å²) in [5, 5.41) is 13.8. The highest BCUT2D eigenvalue weighted by Gasteiger charge is 2.28. The fourth-order valence-electron chi connectivity index (χ4n) is 3.15. The maximum Gasteiger partial charge on any atom is 0.409 e. The summed E-state index contributed by atoms with van der Waals surface area (Å²) in [7, 11) is 0. The fraction of sp³-hybridized carbons (Fsp3) is 0.312. The van der Waals surface area contributed by atoms with Crippen LogP contribution < -0.4 is 0 Å². The Bertz CT molecular complexity index is 853. The average Bonchev–Trinajstić information content (AvgIpc) is 3.23. The Balaban J connectivity index is 1.66. The van der Waals surface area contributed by atoms with E-state index in [9.17, 15) is 9.90 Å². The lowest BCUT2D eigenvalue weighted by molar-refractivity contribution is 0.0733. The zero-order valence-corrected chi connectivity index (χ0v) is 12.5. The van der Waals surface area contributed by atoms with Crippen LogP contribution in [0.4, 0.5) is 4.79 Å². The molecule has 1 saturated heterocycles. The van der Waals surface area contributed by atoms with Crippen LogP contribution in [0, 0.1) is 0 Å². The van der Waals surface area contributed by atoms with E-state index < -0.39 is 6.09 Å². The molecule has 0 aromatic carbocycles. The SMILES string of the molecule is O=C(O)N1CCCCC1n1cc(-c2ccc3nccn3c2)cn1. The van der Waals surface area contributed by atoms with Crippen LogP contribution in [0.5, 0.6) is 0 Å². The van der Waals surface area contributed by atoms with Crippen LogP contribution in [-0.2, 0) is 0 Å². The lowest BCUT2D eigenvalue weighted by Crippen LogP contribution is -2.40. The first kappa shape index (κ1) is 13.8. The third-order valence-electron chi connectivity index (χ3n) is 4.35. The third kappa shape index (κ3) is 2.44. The molecular formula is C16H17N5O2. The second-order valence-corrected chi connectivity index (χ2v) is 5.77. The van der Waals surface area contributed by atoms with Gasteiger partial charge in [-0.25, -0.2) is 14.5 Å². The van der Waals surface area contributed by atoms with Crippen LogP contribution in [0.15, 0.2) is 43.1 Å². The van der Waals surface area contributed by atoms with Crippen molar-refractivity contribution in [2.24, 2.45) is 0 Å². The smallest absolute Gasteiger partial charge is 0.409 e. The van der Waals surface area contributed by atoms with Crippen molar-refractivity contribution in [1.82, 2.24) is 24.1 Å². The van der Waals surface area contributed by atoms with Crippen molar-refractivity contribution < 1.29 is 9.90 Å². The molecule has 0 spiro atoms. The number of rotatable bonds is 2. The molecule has 4 heterocycles. The summed E-state index contributed by atoms with van der Waals surface area (Å²) < 4.78 is 3.72. The monoisotopic (exact) mass is 311 g/mol. The fourth-order valence-corrected chi connectivity index (χ4v) is 3.15. The van der Waals surface area contributed by atoms with Gasteiger partial charge in [0.15, 0.2) is 0 Å². The number of fused-ring (bicyclic) bond motifs is 1. The van der Waals surface area contributed by atoms with Gasteiger partial charge in [0.2, 0.25) is 0 Å². The minimum atomic E-state index is -0.883. The molecule has 0 bridgehead atoms. The lowest BCUT2D eigenvalue weighted by Gasteiger charge is -2.33. The quantitative estimate of drug-likeness (QED) is 0.789. The average molecular weight is 311 g/mol. The van der Waals surface area contributed by atoms with E-state index in [1.165, 1.54) is 4.90 Å². The number of hydrogen-bond donors (Lipinski definition) is 1. The van der Waals surface area contributed by atoms with Crippen LogP contribution >= 0.6 is 0 Å². The van der Waals surface area contributed by atoms with E-state index in [1.807, 2.05) is 35.1 Å². The molecule has 3 aromatic rings. The Labute approximate surface area is 132 Å². The van der Waals surface area contributed by atoms with Gasteiger partial charge in [0.1, 0.15) is 11.8 Å². The van der Waals surface area contributed by atoms with Gasteiger partial charge in [-0.05, 0) is 31.4 Å². The highest BCUT2D eigenvalue weighted by Crippen LogP contribution is 2.28. The van der Waals surface area contributed by atoms with Gasteiger partial charge >= 0.3 is 6.09 Å². The molecule has 3 aromatic heterocycles. The number of aromatic nitrogens is 4. The Morgan fingerprint density at radius 3 is 3.00 bits per heavy atom. The molecule has 7 nitrogen and oxygen atoms in total. The van der Waals surface area contributed by atoms with Gasteiger partial charge in [-0.3, -0.25) is 4.90 Å². The molecule has 4 rings (SSSR count). The van der Waals surface area contributed by atoms with Crippen LogP contribution in [0.3, 0.4) is 0 Å². The number of carbonyl (C=O) groups is 1. The van der Waals surface area contributed by atoms with Gasteiger partial charge in [-0.2, -0.15) is 5.10 Å². The molecule has 1 fully saturated rings. The maximum absolute atomic E-state index is 11.4. The van der Waals surface area contributed by atoms with E-state index >= 15 is 0 Å². The number of piperidine rings is 1. The molecule has 1 unspecified atom stereocenters. The summed E-state index contributed by atoms with van der Waals surface area (Å²) in [6, 6.07) is 3.95. The lowest BCUT2D eigenvalue weighted by atomic mass is 10.1. The van der Waals surface area contributed by atoms with E-state index in [4.69, 9.17) is 0 Å². The van der Waals surface area contributed by atoms with Gasteiger partial charge in [0.05, 0.1) is 6.20 Å². The topological polar surface area (TPSA) is 75.7 Å². The molecule has 118 valence electrons. The summed E-state index contributed by atoms with van der Waals surface area (Å²) in [6.07, 6.45) is 11.0. The van der Waals surface area contributed by atoms with Crippen molar-refractivity contribution in [2.45, 2.75) is 25.4 Å².